The number of aromatic hydroxyl groups is 1. The average Bonchev–Trinajstić information content (AvgIpc) is 2.20. The number of nitrogens with zero attached hydrogens (tertiary/aromatic N) is 2. The molecule has 80 valence electrons. The van der Waals surface area contributed by atoms with E-state index in [4.69, 9.17) is 16.2 Å². The predicted molar refractivity (Wildman–Crippen MR) is 58.1 cm³/mol. The van der Waals surface area contributed by atoms with E-state index in [2.05, 4.69) is 10.2 Å². The number of methoxy groups -OCH3 is 1. The molecule has 0 aliphatic rings. The van der Waals surface area contributed by atoms with Crippen LogP contribution in [0.15, 0.2) is 28.4 Å². The first-order chi connectivity index (χ1) is 7.13. The first-order valence-corrected chi connectivity index (χ1v) is 4.12. The van der Waals surface area contributed by atoms with Gasteiger partial charge in [0.25, 0.3) is 0 Å². The van der Waals surface area contributed by atoms with Gasteiger partial charge in [-0.15, -0.1) is 5.10 Å². The van der Waals surface area contributed by atoms with E-state index in [0.29, 0.717) is 5.75 Å². The van der Waals surface area contributed by atoms with Crippen LogP contribution in [-0.4, -0.2) is 24.4 Å². The van der Waals surface area contributed by atoms with Gasteiger partial charge in [-0.1, -0.05) is 0 Å². The highest BCUT2D eigenvalue weighted by molar-refractivity contribution is 5.82. The van der Waals surface area contributed by atoms with Gasteiger partial charge in [0.1, 0.15) is 0 Å². The number of rotatable bonds is 3. The molecular weight excluding hydrogens is 196 g/mol. The van der Waals surface area contributed by atoms with Crippen LogP contribution in [0.4, 0.5) is 0 Å². The zero-order valence-electron chi connectivity index (χ0n) is 8.21. The Kier molecular flexibility index (Phi) is 3.50. The molecule has 15 heavy (non-hydrogen) atoms. The zero-order chi connectivity index (χ0) is 11.3. The van der Waals surface area contributed by atoms with Gasteiger partial charge < -0.3 is 21.3 Å². The Labute approximate surface area is 86.9 Å². The third-order valence-electron chi connectivity index (χ3n) is 1.58. The van der Waals surface area contributed by atoms with Crippen LogP contribution in [0.3, 0.4) is 0 Å². The molecule has 0 saturated carbocycles. The molecule has 0 bridgehead atoms. The van der Waals surface area contributed by atoms with E-state index in [9.17, 15) is 5.11 Å². The first-order valence-electron chi connectivity index (χ1n) is 4.12. The fourth-order valence-corrected chi connectivity index (χ4v) is 0.937. The maximum Gasteiger partial charge on any atom is 0.211 e. The normalized spacial score (nSPS) is 10.2. The minimum atomic E-state index is -0.114. The molecule has 1 aromatic rings. The predicted octanol–water partition coefficient (Wildman–Crippen LogP) is 0.00810. The number of phenolic OH excluding ortho intramolecular Hbond substituents is 1. The molecule has 1 aromatic carbocycles. The molecule has 0 amide bonds. The molecule has 0 aromatic heterocycles. The lowest BCUT2D eigenvalue weighted by Gasteiger charge is -2.02. The number of phenols is 1. The molecule has 0 fully saturated rings. The van der Waals surface area contributed by atoms with E-state index in [1.54, 1.807) is 12.1 Å². The van der Waals surface area contributed by atoms with Crippen LogP contribution >= 0.6 is 0 Å². The molecule has 0 aliphatic heterocycles. The Hall–Kier alpha value is -2.24. The van der Waals surface area contributed by atoms with E-state index < -0.39 is 0 Å². The van der Waals surface area contributed by atoms with Gasteiger partial charge in [0.05, 0.1) is 13.3 Å². The van der Waals surface area contributed by atoms with Crippen molar-refractivity contribution >= 4 is 12.2 Å². The summed E-state index contributed by atoms with van der Waals surface area (Å²) in [5.74, 6) is 0.317. The van der Waals surface area contributed by atoms with Crippen LogP contribution in [0.1, 0.15) is 5.56 Å². The lowest BCUT2D eigenvalue weighted by atomic mass is 10.2. The number of hydrogen-bond acceptors (Lipinski definition) is 4. The smallest absolute Gasteiger partial charge is 0.211 e. The van der Waals surface area contributed by atoms with Gasteiger partial charge in [-0.3, -0.25) is 0 Å². The molecule has 0 aliphatic carbocycles. The van der Waals surface area contributed by atoms with Gasteiger partial charge >= 0.3 is 0 Å². The second-order valence-electron chi connectivity index (χ2n) is 2.70. The SMILES string of the molecule is COc1cc(C=NN=C(N)N)ccc1O. The Balaban J connectivity index is 2.87. The lowest BCUT2D eigenvalue weighted by Crippen LogP contribution is -2.21. The van der Waals surface area contributed by atoms with Gasteiger partial charge in [-0.25, -0.2) is 0 Å². The molecule has 0 unspecified atom stereocenters. The summed E-state index contributed by atoms with van der Waals surface area (Å²) in [5.41, 5.74) is 10.9. The third kappa shape index (κ3) is 3.18. The summed E-state index contributed by atoms with van der Waals surface area (Å²) >= 11 is 0. The molecule has 1 rings (SSSR count). The van der Waals surface area contributed by atoms with E-state index in [0.717, 1.165) is 5.56 Å². The van der Waals surface area contributed by atoms with Crippen molar-refractivity contribution < 1.29 is 9.84 Å². The number of ether oxygens (including phenoxy) is 1. The van der Waals surface area contributed by atoms with Crippen molar-refractivity contribution in [3.8, 4) is 11.5 Å². The van der Waals surface area contributed by atoms with Crippen molar-refractivity contribution in [2.75, 3.05) is 7.11 Å². The van der Waals surface area contributed by atoms with Crippen LogP contribution in [0, 0.1) is 0 Å². The lowest BCUT2D eigenvalue weighted by molar-refractivity contribution is 0.373. The fourth-order valence-electron chi connectivity index (χ4n) is 0.937. The van der Waals surface area contributed by atoms with Crippen molar-refractivity contribution in [1.82, 2.24) is 0 Å². The number of nitrogens with two attached hydrogens (primary N) is 2. The van der Waals surface area contributed by atoms with Crippen molar-refractivity contribution in [2.45, 2.75) is 0 Å². The van der Waals surface area contributed by atoms with Gasteiger partial charge in [0, 0.05) is 0 Å². The summed E-state index contributed by atoms with van der Waals surface area (Å²) in [6, 6.07) is 4.76. The van der Waals surface area contributed by atoms with E-state index >= 15 is 0 Å². The summed E-state index contributed by atoms with van der Waals surface area (Å²) in [7, 11) is 1.46. The summed E-state index contributed by atoms with van der Waals surface area (Å²) in [4.78, 5) is 0. The van der Waals surface area contributed by atoms with Crippen LogP contribution in [0.5, 0.6) is 11.5 Å². The Morgan fingerprint density at radius 2 is 2.20 bits per heavy atom. The second kappa shape index (κ2) is 4.85. The van der Waals surface area contributed by atoms with Crippen LogP contribution in [-0.2, 0) is 0 Å². The molecule has 0 atom stereocenters. The maximum atomic E-state index is 9.31. The van der Waals surface area contributed by atoms with Crippen molar-refractivity contribution in [3.63, 3.8) is 0 Å². The Bertz CT molecular complexity index is 397. The molecule has 0 spiro atoms. The van der Waals surface area contributed by atoms with Crippen molar-refractivity contribution in [1.29, 1.82) is 0 Å². The van der Waals surface area contributed by atoms with Crippen molar-refractivity contribution in [3.05, 3.63) is 23.8 Å². The minimum Gasteiger partial charge on any atom is -0.504 e. The third-order valence-corrected chi connectivity index (χ3v) is 1.58. The molecular formula is C9H12N4O2. The molecule has 6 nitrogen and oxygen atoms in total. The quantitative estimate of drug-likeness (QED) is 0.369. The molecule has 0 radical (unpaired) electrons. The highest BCUT2D eigenvalue weighted by atomic mass is 16.5. The largest absolute Gasteiger partial charge is 0.504 e. The van der Waals surface area contributed by atoms with E-state index in [-0.39, 0.29) is 11.7 Å². The number of guanidine groups is 1. The monoisotopic (exact) mass is 208 g/mol. The Morgan fingerprint density at radius 3 is 2.80 bits per heavy atom. The minimum absolute atomic E-state index is 0.0662. The fraction of sp³-hybridized carbons (Fsp3) is 0.111. The standard InChI is InChI=1S/C9H12N4O2/c1-15-8-4-6(2-3-7(8)14)5-12-13-9(10)11/h2-5,14H,1H3,(H4,10,11,13). The molecule has 5 N–H and O–H groups in total. The molecule has 0 heterocycles. The Morgan fingerprint density at radius 1 is 1.47 bits per heavy atom. The first kappa shape index (κ1) is 10.8. The average molecular weight is 208 g/mol. The van der Waals surface area contributed by atoms with Crippen LogP contribution in [0.2, 0.25) is 0 Å². The highest BCUT2D eigenvalue weighted by Gasteiger charge is 2.00. The second-order valence-corrected chi connectivity index (χ2v) is 2.70. The van der Waals surface area contributed by atoms with E-state index in [1.165, 1.54) is 19.4 Å². The summed E-state index contributed by atoms with van der Waals surface area (Å²) in [6.45, 7) is 0. The van der Waals surface area contributed by atoms with Crippen LogP contribution < -0.4 is 16.2 Å². The topological polar surface area (TPSA) is 106 Å². The molecule has 6 heteroatoms. The van der Waals surface area contributed by atoms with E-state index in [1.807, 2.05) is 0 Å². The molecule has 0 saturated heterocycles. The van der Waals surface area contributed by atoms with Crippen LogP contribution in [0.25, 0.3) is 0 Å². The summed E-state index contributed by atoms with van der Waals surface area (Å²) in [5, 5.41) is 16.4. The zero-order valence-corrected chi connectivity index (χ0v) is 8.21. The van der Waals surface area contributed by atoms with Gasteiger partial charge in [-0.05, 0) is 23.8 Å². The maximum absolute atomic E-state index is 9.31. The van der Waals surface area contributed by atoms with Gasteiger partial charge in [-0.2, -0.15) is 5.10 Å². The van der Waals surface area contributed by atoms with Gasteiger partial charge in [0.2, 0.25) is 5.96 Å². The highest BCUT2D eigenvalue weighted by Crippen LogP contribution is 2.25. The number of hydrogen-bond donors (Lipinski definition) is 3. The number of benzene rings is 1. The van der Waals surface area contributed by atoms with Crippen molar-refractivity contribution in [2.24, 2.45) is 21.7 Å². The summed E-state index contributed by atoms with van der Waals surface area (Å²) < 4.78 is 4.92. The summed E-state index contributed by atoms with van der Waals surface area (Å²) in [6.07, 6.45) is 1.45. The van der Waals surface area contributed by atoms with Gasteiger partial charge in [0.15, 0.2) is 11.5 Å².